The second kappa shape index (κ2) is 7.77. The molecule has 0 spiro atoms. The number of benzene rings is 1. The minimum atomic E-state index is -0.447. The van der Waals surface area contributed by atoms with Crippen LogP contribution in [0.15, 0.2) is 30.3 Å². The fraction of sp³-hybridized carbons (Fsp3) is 0.389. The standard InChI is InChI=1S/C18H22N2O4/c1-12(2)16-17(22)19-10-11-20(16)15(21)9-6-13-4-7-14(8-5-13)18(23)24-3/h4-9,12,16H,10-11H2,1-3H3,(H,19,22)/b9-6-/t16-/m0/s1. The predicted octanol–water partition coefficient (Wildman–Crippen LogP) is 1.47. The van der Waals surface area contributed by atoms with Crippen molar-refractivity contribution in [2.75, 3.05) is 20.2 Å². The van der Waals surface area contributed by atoms with Crippen LogP contribution < -0.4 is 5.32 Å². The van der Waals surface area contributed by atoms with Gasteiger partial charge in [0.2, 0.25) is 11.8 Å². The number of ether oxygens (including phenoxy) is 1. The lowest BCUT2D eigenvalue weighted by molar-refractivity contribution is -0.141. The van der Waals surface area contributed by atoms with E-state index < -0.39 is 12.0 Å². The Morgan fingerprint density at radius 2 is 1.96 bits per heavy atom. The highest BCUT2D eigenvalue weighted by Crippen LogP contribution is 2.15. The molecule has 2 amide bonds. The van der Waals surface area contributed by atoms with Crippen LogP contribution in [-0.2, 0) is 14.3 Å². The average Bonchev–Trinajstić information content (AvgIpc) is 2.58. The quantitative estimate of drug-likeness (QED) is 0.670. The van der Waals surface area contributed by atoms with Gasteiger partial charge in [0.25, 0.3) is 0 Å². The maximum absolute atomic E-state index is 12.4. The van der Waals surface area contributed by atoms with Gasteiger partial charge in [0.1, 0.15) is 6.04 Å². The Labute approximate surface area is 141 Å². The number of nitrogens with one attached hydrogen (secondary N) is 1. The maximum atomic E-state index is 12.4. The summed E-state index contributed by atoms with van der Waals surface area (Å²) in [6, 6.07) is 6.30. The normalized spacial score (nSPS) is 17.9. The van der Waals surface area contributed by atoms with Gasteiger partial charge in [0.05, 0.1) is 12.7 Å². The SMILES string of the molecule is COC(=O)c1ccc(/C=C\C(=O)N2CCNC(=O)[C@@H]2C(C)C)cc1. The van der Waals surface area contributed by atoms with Gasteiger partial charge in [-0.25, -0.2) is 4.79 Å². The van der Waals surface area contributed by atoms with Crippen molar-refractivity contribution in [3.05, 3.63) is 41.5 Å². The highest BCUT2D eigenvalue weighted by molar-refractivity contribution is 5.96. The molecule has 0 aromatic heterocycles. The molecule has 1 N–H and O–H groups in total. The number of amides is 2. The number of hydrogen-bond donors (Lipinski definition) is 1. The molecule has 1 aliphatic rings. The summed E-state index contributed by atoms with van der Waals surface area (Å²) in [5, 5.41) is 2.79. The molecule has 1 aromatic rings. The summed E-state index contributed by atoms with van der Waals surface area (Å²) < 4.78 is 4.64. The van der Waals surface area contributed by atoms with Gasteiger partial charge in [0, 0.05) is 19.2 Å². The summed E-state index contributed by atoms with van der Waals surface area (Å²) >= 11 is 0. The number of hydrogen-bond acceptors (Lipinski definition) is 4. The second-order valence-corrected chi connectivity index (χ2v) is 5.96. The zero-order valence-electron chi connectivity index (χ0n) is 14.1. The fourth-order valence-corrected chi connectivity index (χ4v) is 2.71. The van der Waals surface area contributed by atoms with Crippen molar-refractivity contribution in [3.63, 3.8) is 0 Å². The van der Waals surface area contributed by atoms with Crippen LogP contribution in [0.3, 0.4) is 0 Å². The van der Waals surface area contributed by atoms with Gasteiger partial charge >= 0.3 is 5.97 Å². The van der Waals surface area contributed by atoms with E-state index in [9.17, 15) is 14.4 Å². The number of piperazine rings is 1. The molecule has 1 fully saturated rings. The van der Waals surface area contributed by atoms with Crippen molar-refractivity contribution in [2.24, 2.45) is 5.92 Å². The third-order valence-corrected chi connectivity index (χ3v) is 3.92. The minimum Gasteiger partial charge on any atom is -0.465 e. The predicted molar refractivity (Wildman–Crippen MR) is 90.2 cm³/mol. The molecule has 1 heterocycles. The van der Waals surface area contributed by atoms with Crippen molar-refractivity contribution in [2.45, 2.75) is 19.9 Å². The van der Waals surface area contributed by atoms with E-state index in [1.54, 1.807) is 35.2 Å². The zero-order chi connectivity index (χ0) is 17.7. The number of carbonyl (C=O) groups is 3. The van der Waals surface area contributed by atoms with Crippen molar-refractivity contribution in [1.29, 1.82) is 0 Å². The number of carbonyl (C=O) groups excluding carboxylic acids is 3. The summed E-state index contributed by atoms with van der Waals surface area (Å²) in [6.07, 6.45) is 3.13. The monoisotopic (exact) mass is 330 g/mol. The molecular formula is C18H22N2O4. The lowest BCUT2D eigenvalue weighted by atomic mass is 9.99. The molecule has 0 radical (unpaired) electrons. The van der Waals surface area contributed by atoms with E-state index in [4.69, 9.17) is 0 Å². The molecule has 1 aromatic carbocycles. The average molecular weight is 330 g/mol. The van der Waals surface area contributed by atoms with Crippen LogP contribution in [0.5, 0.6) is 0 Å². The summed E-state index contributed by atoms with van der Waals surface area (Å²) in [6.45, 7) is 4.81. The third-order valence-electron chi connectivity index (χ3n) is 3.92. The van der Waals surface area contributed by atoms with Crippen molar-refractivity contribution in [3.8, 4) is 0 Å². The summed E-state index contributed by atoms with van der Waals surface area (Å²) in [5.74, 6) is -0.663. The van der Waals surface area contributed by atoms with E-state index in [1.807, 2.05) is 13.8 Å². The first-order valence-corrected chi connectivity index (χ1v) is 7.89. The topological polar surface area (TPSA) is 75.7 Å². The lowest BCUT2D eigenvalue weighted by Crippen LogP contribution is -2.58. The highest BCUT2D eigenvalue weighted by Gasteiger charge is 2.34. The van der Waals surface area contributed by atoms with Gasteiger partial charge < -0.3 is 15.0 Å². The molecular weight excluding hydrogens is 308 g/mol. The Hall–Kier alpha value is -2.63. The van der Waals surface area contributed by atoms with Crippen LogP contribution >= 0.6 is 0 Å². The second-order valence-electron chi connectivity index (χ2n) is 5.96. The third kappa shape index (κ3) is 4.01. The molecule has 6 heteroatoms. The Morgan fingerprint density at radius 1 is 1.29 bits per heavy atom. The first-order chi connectivity index (χ1) is 11.4. The van der Waals surface area contributed by atoms with Crippen LogP contribution in [0.2, 0.25) is 0 Å². The lowest BCUT2D eigenvalue weighted by Gasteiger charge is -2.36. The van der Waals surface area contributed by atoms with Crippen molar-refractivity contribution < 1.29 is 19.1 Å². The van der Waals surface area contributed by atoms with E-state index in [-0.39, 0.29) is 17.7 Å². The molecule has 0 bridgehead atoms. The van der Waals surface area contributed by atoms with E-state index in [2.05, 4.69) is 10.1 Å². The van der Waals surface area contributed by atoms with Gasteiger partial charge in [0.15, 0.2) is 0 Å². The Morgan fingerprint density at radius 3 is 2.54 bits per heavy atom. The van der Waals surface area contributed by atoms with Crippen LogP contribution in [0.1, 0.15) is 29.8 Å². The van der Waals surface area contributed by atoms with Gasteiger partial charge in [-0.15, -0.1) is 0 Å². The highest BCUT2D eigenvalue weighted by atomic mass is 16.5. The molecule has 128 valence electrons. The van der Waals surface area contributed by atoms with Crippen molar-refractivity contribution in [1.82, 2.24) is 10.2 Å². The first-order valence-electron chi connectivity index (χ1n) is 7.89. The van der Waals surface area contributed by atoms with E-state index in [0.717, 1.165) is 5.56 Å². The molecule has 0 unspecified atom stereocenters. The number of nitrogens with zero attached hydrogens (tertiary/aromatic N) is 1. The van der Waals surface area contributed by atoms with E-state index >= 15 is 0 Å². The number of rotatable bonds is 4. The molecule has 1 aliphatic heterocycles. The molecule has 1 saturated heterocycles. The Balaban J connectivity index is 2.08. The molecule has 1 atom stereocenters. The van der Waals surface area contributed by atoms with Crippen LogP contribution in [0, 0.1) is 5.92 Å². The molecule has 0 saturated carbocycles. The molecule has 2 rings (SSSR count). The van der Waals surface area contributed by atoms with E-state index in [1.165, 1.54) is 13.2 Å². The summed E-state index contributed by atoms with van der Waals surface area (Å²) in [7, 11) is 1.33. The summed E-state index contributed by atoms with van der Waals surface area (Å²) in [4.78, 5) is 37.4. The first kappa shape index (κ1) is 17.7. The summed E-state index contributed by atoms with van der Waals surface area (Å²) in [5.41, 5.74) is 1.24. The largest absolute Gasteiger partial charge is 0.465 e. The van der Waals surface area contributed by atoms with Gasteiger partial charge in [-0.1, -0.05) is 26.0 Å². The smallest absolute Gasteiger partial charge is 0.337 e. The molecule has 0 aliphatic carbocycles. The Kier molecular flexibility index (Phi) is 5.73. The fourth-order valence-electron chi connectivity index (χ4n) is 2.71. The number of methoxy groups -OCH3 is 1. The zero-order valence-corrected chi connectivity index (χ0v) is 14.1. The van der Waals surface area contributed by atoms with Gasteiger partial charge in [-0.3, -0.25) is 9.59 Å². The van der Waals surface area contributed by atoms with Crippen LogP contribution in [-0.4, -0.2) is 48.9 Å². The minimum absolute atomic E-state index is 0.0435. The van der Waals surface area contributed by atoms with E-state index in [0.29, 0.717) is 18.7 Å². The molecule has 6 nitrogen and oxygen atoms in total. The van der Waals surface area contributed by atoms with Crippen LogP contribution in [0.4, 0.5) is 0 Å². The maximum Gasteiger partial charge on any atom is 0.337 e. The Bertz CT molecular complexity index is 649. The van der Waals surface area contributed by atoms with Crippen molar-refractivity contribution >= 4 is 23.9 Å². The van der Waals surface area contributed by atoms with Crippen LogP contribution in [0.25, 0.3) is 6.08 Å². The van der Waals surface area contributed by atoms with Gasteiger partial charge in [-0.2, -0.15) is 0 Å². The molecule has 24 heavy (non-hydrogen) atoms. The number of esters is 1. The van der Waals surface area contributed by atoms with Gasteiger partial charge in [-0.05, 0) is 29.7 Å².